The molecule has 0 N–H and O–H groups in total. The molecule has 0 aliphatic rings. The van der Waals surface area contributed by atoms with Crippen molar-refractivity contribution in [2.24, 2.45) is 10.2 Å². The van der Waals surface area contributed by atoms with Gasteiger partial charge < -0.3 is 9.47 Å². The van der Waals surface area contributed by atoms with Crippen LogP contribution in [0.25, 0.3) is 0 Å². The Labute approximate surface area is 255 Å². The highest BCUT2D eigenvalue weighted by molar-refractivity contribution is 5.73. The maximum atomic E-state index is 11.6. The Kier molecular flexibility index (Phi) is 31.1. The zero-order valence-electron chi connectivity index (χ0n) is 27.5. The maximum absolute atomic E-state index is 11.6. The van der Waals surface area contributed by atoms with Gasteiger partial charge in [-0.2, -0.15) is 0 Å². The SMILES string of the molecule is CC(C)OC(=O)N=NC(=O)OC(C)C.CCCCCCCCCCCC(=O)OOC(=O)CCCCCCCCCCC. The molecule has 0 aromatic heterocycles. The van der Waals surface area contributed by atoms with Gasteiger partial charge >= 0.3 is 24.1 Å². The Morgan fingerprint density at radius 2 is 0.714 bits per heavy atom. The van der Waals surface area contributed by atoms with E-state index in [9.17, 15) is 19.2 Å². The van der Waals surface area contributed by atoms with Gasteiger partial charge in [-0.1, -0.05) is 127 Å². The number of nitrogens with zero attached hydrogens (tertiary/aromatic N) is 2. The second-order valence-electron chi connectivity index (χ2n) is 11.1. The van der Waals surface area contributed by atoms with Crippen LogP contribution in [0.3, 0.4) is 0 Å². The number of hydrogen-bond donors (Lipinski definition) is 0. The van der Waals surface area contributed by atoms with E-state index in [1.165, 1.54) is 77.0 Å². The van der Waals surface area contributed by atoms with Crippen LogP contribution in [-0.2, 0) is 28.8 Å². The summed E-state index contributed by atoms with van der Waals surface area (Å²) in [5.74, 6) is -0.855. The van der Waals surface area contributed by atoms with E-state index in [2.05, 4.69) is 43.3 Å². The van der Waals surface area contributed by atoms with E-state index in [1.54, 1.807) is 27.7 Å². The molecule has 10 nitrogen and oxygen atoms in total. The molecule has 0 spiro atoms. The van der Waals surface area contributed by atoms with E-state index in [-0.39, 0.29) is 12.2 Å². The van der Waals surface area contributed by atoms with Gasteiger partial charge in [0.15, 0.2) is 0 Å². The van der Waals surface area contributed by atoms with Crippen LogP contribution in [-0.4, -0.2) is 36.3 Å². The summed E-state index contributed by atoms with van der Waals surface area (Å²) in [6.07, 6.45) is 19.9. The van der Waals surface area contributed by atoms with Crippen LogP contribution >= 0.6 is 0 Å². The van der Waals surface area contributed by atoms with Gasteiger partial charge in [-0.05, 0) is 40.5 Å². The van der Waals surface area contributed by atoms with Crippen molar-refractivity contribution in [1.29, 1.82) is 0 Å². The van der Waals surface area contributed by atoms with E-state index >= 15 is 0 Å². The van der Waals surface area contributed by atoms with Gasteiger partial charge in [0.2, 0.25) is 0 Å². The molecule has 0 aromatic rings. The van der Waals surface area contributed by atoms with E-state index in [4.69, 9.17) is 0 Å². The smallest absolute Gasteiger partial charge is 0.444 e. The second-order valence-corrected chi connectivity index (χ2v) is 11.1. The zero-order chi connectivity index (χ0) is 31.8. The number of rotatable bonds is 22. The van der Waals surface area contributed by atoms with Gasteiger partial charge in [-0.15, -0.1) is 0 Å². The Morgan fingerprint density at radius 1 is 0.452 bits per heavy atom. The van der Waals surface area contributed by atoms with Crippen molar-refractivity contribution in [3.05, 3.63) is 0 Å². The molecule has 0 heterocycles. The largest absolute Gasteiger partial charge is 0.452 e. The summed E-state index contributed by atoms with van der Waals surface area (Å²) >= 11 is 0. The van der Waals surface area contributed by atoms with E-state index in [0.717, 1.165) is 38.5 Å². The molecule has 0 bridgehead atoms. The van der Waals surface area contributed by atoms with Gasteiger partial charge in [-0.25, -0.2) is 29.0 Å². The predicted molar refractivity (Wildman–Crippen MR) is 164 cm³/mol. The molecule has 0 unspecified atom stereocenters. The number of carbonyl (C=O) groups is 4. The lowest BCUT2D eigenvalue weighted by Crippen LogP contribution is -2.11. The number of ether oxygens (including phenoxy) is 2. The van der Waals surface area contributed by atoms with Crippen LogP contribution in [0.2, 0.25) is 0 Å². The van der Waals surface area contributed by atoms with Crippen molar-refractivity contribution >= 4 is 24.1 Å². The van der Waals surface area contributed by atoms with Gasteiger partial charge in [-0.3, -0.25) is 0 Å². The third-order valence-corrected chi connectivity index (χ3v) is 6.08. The summed E-state index contributed by atoms with van der Waals surface area (Å²) in [7, 11) is 0. The lowest BCUT2D eigenvalue weighted by atomic mass is 10.1. The first kappa shape index (κ1) is 41.6. The van der Waals surface area contributed by atoms with Crippen molar-refractivity contribution in [2.75, 3.05) is 0 Å². The zero-order valence-corrected chi connectivity index (χ0v) is 27.5. The molecule has 0 aliphatic heterocycles. The highest BCUT2D eigenvalue weighted by Crippen LogP contribution is 2.12. The van der Waals surface area contributed by atoms with Crippen molar-refractivity contribution in [3.8, 4) is 0 Å². The molecular formula is C32H60N2O8. The van der Waals surface area contributed by atoms with Gasteiger partial charge in [0.25, 0.3) is 0 Å². The quantitative estimate of drug-likeness (QED) is 0.0519. The summed E-state index contributed by atoms with van der Waals surface area (Å²) in [4.78, 5) is 53.9. The first-order valence-electron chi connectivity index (χ1n) is 16.3. The Bertz CT molecular complexity index is 653. The van der Waals surface area contributed by atoms with Crippen molar-refractivity contribution in [3.63, 3.8) is 0 Å². The number of unbranched alkanes of at least 4 members (excludes halogenated alkanes) is 16. The fourth-order valence-electron chi connectivity index (χ4n) is 3.87. The first-order chi connectivity index (χ1) is 20.1. The Balaban J connectivity index is 0. The van der Waals surface area contributed by atoms with Crippen LogP contribution in [0.15, 0.2) is 10.2 Å². The molecule has 0 fully saturated rings. The van der Waals surface area contributed by atoms with Crippen molar-refractivity contribution < 1.29 is 38.4 Å². The highest BCUT2D eigenvalue weighted by atomic mass is 17.2. The van der Waals surface area contributed by atoms with Crippen molar-refractivity contribution in [1.82, 2.24) is 0 Å². The average molecular weight is 601 g/mol. The fraction of sp³-hybridized carbons (Fsp3) is 0.875. The molecule has 0 saturated carbocycles. The summed E-state index contributed by atoms with van der Waals surface area (Å²) in [6.45, 7) is 11.1. The fourth-order valence-corrected chi connectivity index (χ4v) is 3.87. The molecule has 42 heavy (non-hydrogen) atoms. The molecule has 2 amide bonds. The number of hydrogen-bond acceptors (Lipinski definition) is 8. The molecule has 0 rings (SSSR count). The summed E-state index contributed by atoms with van der Waals surface area (Å²) < 4.78 is 9.20. The minimum absolute atomic E-state index is 0.289. The van der Waals surface area contributed by atoms with E-state index in [1.807, 2.05) is 0 Å². The molecular weight excluding hydrogens is 540 g/mol. The van der Waals surface area contributed by atoms with Gasteiger partial charge in [0, 0.05) is 0 Å². The predicted octanol–water partition coefficient (Wildman–Crippen LogP) is 10.4. The van der Waals surface area contributed by atoms with E-state index in [0.29, 0.717) is 12.8 Å². The van der Waals surface area contributed by atoms with Crippen LogP contribution in [0.4, 0.5) is 9.59 Å². The third kappa shape index (κ3) is 35.5. The Hall–Kier alpha value is -2.52. The number of amides is 2. The van der Waals surface area contributed by atoms with Gasteiger partial charge in [0.1, 0.15) is 0 Å². The van der Waals surface area contributed by atoms with E-state index < -0.39 is 24.1 Å². The number of carbonyl (C=O) groups excluding carboxylic acids is 4. The molecule has 10 heteroatoms. The monoisotopic (exact) mass is 600 g/mol. The van der Waals surface area contributed by atoms with Gasteiger partial charge in [0.05, 0.1) is 25.0 Å². The molecule has 0 atom stereocenters. The van der Waals surface area contributed by atoms with Crippen LogP contribution in [0.1, 0.15) is 170 Å². The molecule has 0 aromatic carbocycles. The summed E-state index contributed by atoms with van der Waals surface area (Å²) in [5.41, 5.74) is 0. The normalized spacial score (nSPS) is 10.9. The van der Waals surface area contributed by atoms with Crippen molar-refractivity contribution in [2.45, 2.75) is 182 Å². The van der Waals surface area contributed by atoms with Crippen LogP contribution < -0.4 is 0 Å². The molecule has 0 aliphatic carbocycles. The molecule has 0 radical (unpaired) electrons. The standard InChI is InChI=1S/C24H46O4.C8H14N2O4/c1-3-5-7-9-11-13-15-17-19-21-23(25)27-28-24(26)22-20-18-16-14-12-10-8-6-4-2;1-5(2)13-7(11)9-10-8(12)14-6(3)4/h3-22H2,1-2H3;5-6H,1-4H3. The highest BCUT2D eigenvalue weighted by Gasteiger charge is 2.10. The second kappa shape index (κ2) is 31.4. The molecule has 0 saturated heterocycles. The third-order valence-electron chi connectivity index (χ3n) is 6.08. The summed E-state index contributed by atoms with van der Waals surface area (Å²) in [6, 6.07) is 0. The Morgan fingerprint density at radius 3 is 0.976 bits per heavy atom. The topological polar surface area (TPSA) is 130 Å². The molecule has 246 valence electrons. The van der Waals surface area contributed by atoms with Crippen LogP contribution in [0, 0.1) is 0 Å². The average Bonchev–Trinajstić information content (AvgIpc) is 2.93. The lowest BCUT2D eigenvalue weighted by molar-refractivity contribution is -0.259. The van der Waals surface area contributed by atoms with Crippen LogP contribution in [0.5, 0.6) is 0 Å². The maximum Gasteiger partial charge on any atom is 0.452 e. The number of azo groups is 1. The minimum Gasteiger partial charge on any atom is -0.444 e. The minimum atomic E-state index is -0.902. The summed E-state index contributed by atoms with van der Waals surface area (Å²) in [5, 5.41) is 6.01. The first-order valence-corrected chi connectivity index (χ1v) is 16.3. The lowest BCUT2D eigenvalue weighted by Gasteiger charge is -2.04.